The van der Waals surface area contributed by atoms with Crippen molar-refractivity contribution >= 4 is 138 Å². The van der Waals surface area contributed by atoms with Crippen molar-refractivity contribution in [1.29, 1.82) is 0 Å². The molecule has 112 heavy (non-hydrogen) atoms. The van der Waals surface area contributed by atoms with Gasteiger partial charge >= 0.3 is 0 Å². The first-order valence-corrected chi connectivity index (χ1v) is 38.7. The Morgan fingerprint density at radius 3 is 0.652 bits per heavy atom. The first-order chi connectivity index (χ1) is 54.7. The Bertz CT molecular complexity index is 5550. The summed E-state index contributed by atoms with van der Waals surface area (Å²) in [5, 5.41) is 4.90. The molecule has 0 unspecified atom stereocenters. The molecule has 16 aromatic carbocycles. The zero-order valence-electron chi connectivity index (χ0n) is 65.0. The topological polar surface area (TPSA) is 13.0 Å². The van der Waals surface area contributed by atoms with E-state index in [9.17, 15) is 0 Å². The summed E-state index contributed by atoms with van der Waals surface area (Å²) in [5.74, 6) is 0. The maximum atomic E-state index is 2.32. The minimum Gasteiger partial charge on any atom is -0.311 e. The highest BCUT2D eigenvalue weighted by molar-refractivity contribution is 5.93. The van der Waals surface area contributed by atoms with Crippen molar-refractivity contribution in [3.05, 3.63) is 453 Å². The first kappa shape index (κ1) is 73.7. The third-order valence-electron chi connectivity index (χ3n) is 21.0. The van der Waals surface area contributed by atoms with Gasteiger partial charge in [-0.15, -0.1) is 0 Å². The van der Waals surface area contributed by atoms with E-state index in [1.807, 2.05) is 0 Å². The SMILES string of the molecule is Cc1ccc(N(c2ccc(C)cc2)c2ccc(C=Cc3cc4ccccc4cc3C=Cc3ccc(N(c4ccc(C)cc4)c4ccc(C)cc4)cc3)cc2)cc1.Cc1ccc(N(c2ccccc2)c2ccc(C=Cc3ccc4cc(C=Cc5ccc(N(c6ccccc6)c6ccc(C)c(C)c6)cc5)ccc4c3)cc2)cc1C. The van der Waals surface area contributed by atoms with Crippen molar-refractivity contribution in [3.8, 4) is 0 Å². The summed E-state index contributed by atoms with van der Waals surface area (Å²) >= 11 is 0. The van der Waals surface area contributed by atoms with Crippen LogP contribution in [0.3, 0.4) is 0 Å². The summed E-state index contributed by atoms with van der Waals surface area (Å²) in [6, 6.07) is 131. The van der Waals surface area contributed by atoms with Crippen LogP contribution in [0.1, 0.15) is 89.0 Å². The minimum absolute atomic E-state index is 1.12. The second kappa shape index (κ2) is 34.2. The Hall–Kier alpha value is -13.8. The molecule has 0 saturated carbocycles. The van der Waals surface area contributed by atoms with E-state index in [4.69, 9.17) is 0 Å². The van der Waals surface area contributed by atoms with E-state index in [2.05, 4.69) is 488 Å². The molecule has 0 radical (unpaired) electrons. The second-order valence-corrected chi connectivity index (χ2v) is 29.3. The van der Waals surface area contributed by atoms with Crippen molar-refractivity contribution in [2.45, 2.75) is 55.4 Å². The molecule has 0 aliphatic carbocycles. The molecule has 0 aliphatic rings. The number of aryl methyl sites for hydroxylation is 8. The smallest absolute Gasteiger partial charge is 0.0464 e. The molecule has 0 amide bonds. The van der Waals surface area contributed by atoms with Gasteiger partial charge in [0.15, 0.2) is 0 Å². The Labute approximate surface area is 662 Å². The zero-order valence-corrected chi connectivity index (χ0v) is 65.0. The number of fused-ring (bicyclic) bond motifs is 2. The van der Waals surface area contributed by atoms with Gasteiger partial charge in [-0.25, -0.2) is 0 Å². The van der Waals surface area contributed by atoms with Crippen molar-refractivity contribution in [2.75, 3.05) is 19.6 Å². The normalized spacial score (nSPS) is 11.4. The highest BCUT2D eigenvalue weighted by Gasteiger charge is 2.18. The summed E-state index contributed by atoms with van der Waals surface area (Å²) in [5.41, 5.74) is 33.1. The molecule has 16 rings (SSSR count). The average molecular weight is 1450 g/mol. The maximum absolute atomic E-state index is 2.32. The van der Waals surface area contributed by atoms with E-state index >= 15 is 0 Å². The van der Waals surface area contributed by atoms with Crippen LogP contribution < -0.4 is 19.6 Å². The zero-order chi connectivity index (χ0) is 76.9. The molecule has 0 atom stereocenters. The summed E-state index contributed by atoms with van der Waals surface area (Å²) in [7, 11) is 0. The van der Waals surface area contributed by atoms with E-state index in [0.29, 0.717) is 0 Å². The van der Waals surface area contributed by atoms with Crippen molar-refractivity contribution in [3.63, 3.8) is 0 Å². The number of nitrogens with zero attached hydrogens (tertiary/aromatic N) is 4. The second-order valence-electron chi connectivity index (χ2n) is 29.3. The molecule has 544 valence electrons. The Morgan fingerprint density at radius 1 is 0.152 bits per heavy atom. The van der Waals surface area contributed by atoms with Gasteiger partial charge in [0.05, 0.1) is 0 Å². The van der Waals surface area contributed by atoms with E-state index in [0.717, 1.165) is 90.5 Å². The molecule has 0 aromatic heterocycles. The van der Waals surface area contributed by atoms with E-state index in [-0.39, 0.29) is 0 Å². The number of benzene rings is 16. The van der Waals surface area contributed by atoms with Gasteiger partial charge in [0.2, 0.25) is 0 Å². The number of hydrogen-bond donors (Lipinski definition) is 0. The lowest BCUT2D eigenvalue weighted by molar-refractivity contribution is 1.25. The van der Waals surface area contributed by atoms with Crippen LogP contribution in [0.4, 0.5) is 68.2 Å². The highest BCUT2D eigenvalue weighted by Crippen LogP contribution is 2.41. The van der Waals surface area contributed by atoms with Crippen molar-refractivity contribution in [2.24, 2.45) is 0 Å². The summed E-state index contributed by atoms with van der Waals surface area (Å²) in [6.07, 6.45) is 17.7. The largest absolute Gasteiger partial charge is 0.311 e. The lowest BCUT2D eigenvalue weighted by atomic mass is 9.99. The van der Waals surface area contributed by atoms with Gasteiger partial charge in [0.1, 0.15) is 0 Å². The average Bonchev–Trinajstić information content (AvgIpc) is 0.822. The lowest BCUT2D eigenvalue weighted by Crippen LogP contribution is -2.10. The molecule has 16 aromatic rings. The molecule has 4 nitrogen and oxygen atoms in total. The van der Waals surface area contributed by atoms with Gasteiger partial charge in [0.25, 0.3) is 0 Å². The van der Waals surface area contributed by atoms with Crippen LogP contribution >= 0.6 is 0 Å². The molecule has 0 saturated heterocycles. The third-order valence-corrected chi connectivity index (χ3v) is 21.0. The van der Waals surface area contributed by atoms with Crippen molar-refractivity contribution in [1.82, 2.24) is 0 Å². The molecule has 0 heterocycles. The van der Waals surface area contributed by atoms with Crippen LogP contribution in [-0.2, 0) is 0 Å². The van der Waals surface area contributed by atoms with Gasteiger partial charge in [-0.2, -0.15) is 0 Å². The lowest BCUT2D eigenvalue weighted by Gasteiger charge is -2.26. The third kappa shape index (κ3) is 17.8. The fraction of sp³-hybridized carbons (Fsp3) is 0.0741. The monoisotopic (exact) mass is 1440 g/mol. The number of para-hydroxylation sites is 2. The van der Waals surface area contributed by atoms with Gasteiger partial charge in [-0.05, 0) is 314 Å². The van der Waals surface area contributed by atoms with E-state index in [1.54, 1.807) is 0 Å². The van der Waals surface area contributed by atoms with Crippen LogP contribution in [0.5, 0.6) is 0 Å². The molecule has 0 fully saturated rings. The van der Waals surface area contributed by atoms with E-state index in [1.165, 1.54) is 88.3 Å². The van der Waals surface area contributed by atoms with Crippen LogP contribution in [0.15, 0.2) is 364 Å². The Morgan fingerprint density at radius 2 is 0.366 bits per heavy atom. The molecule has 0 bridgehead atoms. The Balaban J connectivity index is 0.000000177. The van der Waals surface area contributed by atoms with Gasteiger partial charge < -0.3 is 19.6 Å². The quantitative estimate of drug-likeness (QED) is 0.0705. The van der Waals surface area contributed by atoms with E-state index < -0.39 is 0 Å². The maximum Gasteiger partial charge on any atom is 0.0464 e. The minimum atomic E-state index is 1.12. The molecular formula is C108H92N4. The molecule has 0 N–H and O–H groups in total. The van der Waals surface area contributed by atoms with Crippen molar-refractivity contribution < 1.29 is 0 Å². The molecule has 4 heteroatoms. The number of hydrogen-bond acceptors (Lipinski definition) is 4. The standard InChI is InChI=1S/2C54H46N2/c1-39-15-29-53(35-41(39)3)55(49-11-7-5-8-12-49)51-31-23-43(24-32-51)17-19-45-21-27-48-38-46(22-28-47(48)37-45)20-18-44-25-33-52(34-26-44)56(50-13-9-6-10-14-50)54-30-16-40(2)42(4)36-54;1-39-9-25-49(26-10-39)55(50-27-11-40(2)12-28-50)53-33-19-43(20-34-53)17-23-47-37-45-7-5-6-8-46(45)38-48(47)24-18-44-21-35-54(36-22-44)56(51-29-13-41(3)14-30-51)52-31-15-42(4)16-32-52/h2*5-38H,1-4H3. The predicted molar refractivity (Wildman–Crippen MR) is 486 cm³/mol. The summed E-state index contributed by atoms with van der Waals surface area (Å²) < 4.78 is 0. The number of anilines is 12. The Kier molecular flexibility index (Phi) is 22.5. The summed E-state index contributed by atoms with van der Waals surface area (Å²) in [4.78, 5) is 9.26. The van der Waals surface area contributed by atoms with Gasteiger partial charge in [-0.3, -0.25) is 0 Å². The highest BCUT2D eigenvalue weighted by atomic mass is 15.2. The molecule has 0 spiro atoms. The van der Waals surface area contributed by atoms with Gasteiger partial charge in [0, 0.05) is 68.2 Å². The molecular weight excluding hydrogens is 1350 g/mol. The fourth-order valence-corrected chi connectivity index (χ4v) is 14.2. The molecule has 0 aliphatic heterocycles. The van der Waals surface area contributed by atoms with Crippen LogP contribution in [0.25, 0.3) is 70.2 Å². The summed E-state index contributed by atoms with van der Waals surface area (Å²) in [6.45, 7) is 17.2. The van der Waals surface area contributed by atoms with Crippen LogP contribution in [-0.4, -0.2) is 0 Å². The van der Waals surface area contributed by atoms with Gasteiger partial charge in [-0.1, -0.05) is 265 Å². The van der Waals surface area contributed by atoms with Crippen LogP contribution in [0.2, 0.25) is 0 Å². The van der Waals surface area contributed by atoms with Crippen LogP contribution in [0, 0.1) is 55.4 Å². The fourth-order valence-electron chi connectivity index (χ4n) is 14.2. The number of rotatable bonds is 20. The first-order valence-electron chi connectivity index (χ1n) is 38.7. The predicted octanol–water partition coefficient (Wildman–Crippen LogP) is 30.7.